The van der Waals surface area contributed by atoms with Gasteiger partial charge in [0.15, 0.2) is 0 Å². The smallest absolute Gasteiger partial charge is 0.407 e. The summed E-state index contributed by atoms with van der Waals surface area (Å²) >= 11 is 0. The Hall–Kier alpha value is -2.24. The molecule has 0 heterocycles. The van der Waals surface area contributed by atoms with Gasteiger partial charge < -0.3 is 20.1 Å². The number of alkyl carbamates (subject to hydrolysis) is 1. The molecule has 6 nitrogen and oxygen atoms in total. The van der Waals surface area contributed by atoms with Gasteiger partial charge >= 0.3 is 6.09 Å². The molecular formula is C20H32N2O4. The first-order valence-electron chi connectivity index (χ1n) is 8.90. The molecule has 0 spiro atoms. The molecular weight excluding hydrogens is 332 g/mol. The minimum Gasteiger partial charge on any atom is -0.491 e. The zero-order chi connectivity index (χ0) is 20.0. The fourth-order valence-electron chi connectivity index (χ4n) is 2.26. The molecule has 0 saturated carbocycles. The molecule has 0 bridgehead atoms. The van der Waals surface area contributed by atoms with Crippen molar-refractivity contribution in [3.8, 4) is 5.75 Å². The van der Waals surface area contributed by atoms with E-state index in [1.807, 2.05) is 52.0 Å². The van der Waals surface area contributed by atoms with Gasteiger partial charge in [-0.15, -0.1) is 0 Å². The van der Waals surface area contributed by atoms with E-state index in [0.29, 0.717) is 5.75 Å². The maximum absolute atomic E-state index is 12.4. The van der Waals surface area contributed by atoms with Crippen molar-refractivity contribution in [2.75, 3.05) is 6.54 Å². The van der Waals surface area contributed by atoms with Crippen molar-refractivity contribution in [1.82, 2.24) is 10.6 Å². The Morgan fingerprint density at radius 2 is 1.69 bits per heavy atom. The number of ether oxygens (including phenoxy) is 2. The second kappa shape index (κ2) is 8.92. The summed E-state index contributed by atoms with van der Waals surface area (Å²) in [7, 11) is 0. The Bertz CT molecular complexity index is 618. The van der Waals surface area contributed by atoms with Crippen LogP contribution >= 0.6 is 0 Å². The number of para-hydroxylation sites is 1. The lowest BCUT2D eigenvalue weighted by Crippen LogP contribution is -2.52. The van der Waals surface area contributed by atoms with E-state index in [1.54, 1.807) is 20.8 Å². The van der Waals surface area contributed by atoms with E-state index in [4.69, 9.17) is 9.47 Å². The summed E-state index contributed by atoms with van der Waals surface area (Å²) in [5.41, 5.74) is -0.339. The molecule has 0 fully saturated rings. The summed E-state index contributed by atoms with van der Waals surface area (Å²) < 4.78 is 11.0. The number of hydrogen-bond acceptors (Lipinski definition) is 4. The second-order valence-corrected chi connectivity index (χ2v) is 8.24. The first-order valence-corrected chi connectivity index (χ1v) is 8.90. The first kappa shape index (κ1) is 21.8. The summed E-state index contributed by atoms with van der Waals surface area (Å²) in [4.78, 5) is 24.2. The normalized spacial score (nSPS) is 11.8. The van der Waals surface area contributed by atoms with Crippen LogP contribution in [0.2, 0.25) is 0 Å². The summed E-state index contributed by atoms with van der Waals surface area (Å²) in [6, 6.07) is 7.50. The molecule has 2 N–H and O–H groups in total. The lowest BCUT2D eigenvalue weighted by atomic mass is 10.0. The molecule has 1 aromatic carbocycles. The maximum Gasteiger partial charge on any atom is 0.407 e. The molecule has 146 valence electrons. The average Bonchev–Trinajstić information content (AvgIpc) is 2.44. The predicted molar refractivity (Wildman–Crippen MR) is 102 cm³/mol. The highest BCUT2D eigenvalue weighted by atomic mass is 16.6. The van der Waals surface area contributed by atoms with Gasteiger partial charge in [0, 0.05) is 12.1 Å². The predicted octanol–water partition coefficient (Wildman–Crippen LogP) is 3.44. The van der Waals surface area contributed by atoms with Crippen LogP contribution in [0.25, 0.3) is 0 Å². The van der Waals surface area contributed by atoms with Crippen LogP contribution in [-0.2, 0) is 16.0 Å². The Labute approximate surface area is 156 Å². The van der Waals surface area contributed by atoms with Crippen molar-refractivity contribution >= 4 is 12.0 Å². The lowest BCUT2D eigenvalue weighted by molar-refractivity contribution is -0.122. The van der Waals surface area contributed by atoms with Gasteiger partial charge in [0.2, 0.25) is 5.91 Å². The highest BCUT2D eigenvalue weighted by molar-refractivity contribution is 5.80. The van der Waals surface area contributed by atoms with Crippen LogP contribution in [0.4, 0.5) is 4.79 Å². The van der Waals surface area contributed by atoms with E-state index in [-0.39, 0.29) is 25.0 Å². The number of rotatable bonds is 7. The number of carbonyl (C=O) groups is 2. The van der Waals surface area contributed by atoms with Crippen LogP contribution in [0.5, 0.6) is 5.75 Å². The van der Waals surface area contributed by atoms with Crippen molar-refractivity contribution in [3.63, 3.8) is 0 Å². The van der Waals surface area contributed by atoms with E-state index < -0.39 is 17.2 Å². The monoisotopic (exact) mass is 364 g/mol. The third kappa shape index (κ3) is 8.74. The third-order valence-corrected chi connectivity index (χ3v) is 3.24. The van der Waals surface area contributed by atoms with Crippen LogP contribution in [0, 0.1) is 0 Å². The molecule has 2 amide bonds. The minimum atomic E-state index is -0.609. The van der Waals surface area contributed by atoms with Crippen LogP contribution < -0.4 is 15.4 Å². The summed E-state index contributed by atoms with van der Waals surface area (Å²) in [6.07, 6.45) is -0.261. The van der Waals surface area contributed by atoms with E-state index in [1.165, 1.54) is 0 Å². The van der Waals surface area contributed by atoms with Crippen molar-refractivity contribution in [2.24, 2.45) is 0 Å². The van der Waals surface area contributed by atoms with Crippen LogP contribution in [-0.4, -0.2) is 35.8 Å². The number of nitrogens with one attached hydrogen (secondary N) is 2. The van der Waals surface area contributed by atoms with Crippen molar-refractivity contribution in [3.05, 3.63) is 29.8 Å². The third-order valence-electron chi connectivity index (χ3n) is 3.24. The molecule has 0 aliphatic carbocycles. The first-order chi connectivity index (χ1) is 11.9. The standard InChI is InChI=1S/C20H32N2O4/c1-14(2)25-16-11-9-8-10-15(16)12-17(23)22-20(6,7)13-21-18(24)26-19(3,4)5/h8-11,14H,12-13H2,1-7H3,(H,21,24)(H,22,23). The molecule has 0 aliphatic heterocycles. The minimum absolute atomic E-state index is 0.0358. The summed E-state index contributed by atoms with van der Waals surface area (Å²) in [5, 5.41) is 5.62. The van der Waals surface area contributed by atoms with Crippen molar-refractivity contribution in [2.45, 2.75) is 72.1 Å². The number of benzene rings is 1. The van der Waals surface area contributed by atoms with E-state index in [9.17, 15) is 9.59 Å². The molecule has 1 rings (SSSR count). The SMILES string of the molecule is CC(C)Oc1ccccc1CC(=O)NC(C)(C)CNC(=O)OC(C)(C)C. The molecule has 1 aromatic rings. The quantitative estimate of drug-likeness (QED) is 0.777. The van der Waals surface area contributed by atoms with Crippen LogP contribution in [0.1, 0.15) is 54.0 Å². The van der Waals surface area contributed by atoms with Gasteiger partial charge in [0.1, 0.15) is 11.4 Å². The summed E-state index contributed by atoms with van der Waals surface area (Å²) in [6.45, 7) is 13.3. The second-order valence-electron chi connectivity index (χ2n) is 8.24. The van der Waals surface area contributed by atoms with E-state index in [2.05, 4.69) is 10.6 Å². The molecule has 0 aliphatic rings. The number of hydrogen-bond donors (Lipinski definition) is 2. The molecule has 0 unspecified atom stereocenters. The van der Waals surface area contributed by atoms with Gasteiger partial charge in [-0.3, -0.25) is 4.79 Å². The van der Waals surface area contributed by atoms with Gasteiger partial charge in [0.25, 0.3) is 0 Å². The van der Waals surface area contributed by atoms with E-state index >= 15 is 0 Å². The molecule has 0 saturated heterocycles. The fraction of sp³-hybridized carbons (Fsp3) is 0.600. The lowest BCUT2D eigenvalue weighted by Gasteiger charge is -2.28. The largest absolute Gasteiger partial charge is 0.491 e. The summed E-state index contributed by atoms with van der Waals surface area (Å²) in [5.74, 6) is 0.572. The zero-order valence-corrected chi connectivity index (χ0v) is 16.9. The van der Waals surface area contributed by atoms with Crippen LogP contribution in [0.15, 0.2) is 24.3 Å². The van der Waals surface area contributed by atoms with Gasteiger partial charge in [0.05, 0.1) is 18.1 Å². The Morgan fingerprint density at radius 1 is 1.08 bits per heavy atom. The zero-order valence-electron chi connectivity index (χ0n) is 16.9. The molecule has 0 radical (unpaired) electrons. The number of carbonyl (C=O) groups excluding carboxylic acids is 2. The Kier molecular flexibility index (Phi) is 7.48. The van der Waals surface area contributed by atoms with Crippen molar-refractivity contribution < 1.29 is 19.1 Å². The van der Waals surface area contributed by atoms with Gasteiger partial charge in [-0.2, -0.15) is 0 Å². The highest BCUT2D eigenvalue weighted by Crippen LogP contribution is 2.20. The van der Waals surface area contributed by atoms with Crippen molar-refractivity contribution in [1.29, 1.82) is 0 Å². The maximum atomic E-state index is 12.4. The number of amides is 2. The van der Waals surface area contributed by atoms with E-state index in [0.717, 1.165) is 5.56 Å². The van der Waals surface area contributed by atoms with Crippen LogP contribution in [0.3, 0.4) is 0 Å². The van der Waals surface area contributed by atoms with Gasteiger partial charge in [-0.1, -0.05) is 18.2 Å². The molecule has 6 heteroatoms. The fourth-order valence-corrected chi connectivity index (χ4v) is 2.26. The van der Waals surface area contributed by atoms with Gasteiger partial charge in [-0.05, 0) is 54.5 Å². The topological polar surface area (TPSA) is 76.7 Å². The Morgan fingerprint density at radius 3 is 2.27 bits per heavy atom. The molecule has 0 aromatic heterocycles. The molecule has 26 heavy (non-hydrogen) atoms. The average molecular weight is 364 g/mol. The Balaban J connectivity index is 2.60. The van der Waals surface area contributed by atoms with Gasteiger partial charge in [-0.25, -0.2) is 4.79 Å². The molecule has 0 atom stereocenters. The highest BCUT2D eigenvalue weighted by Gasteiger charge is 2.24.